The largest absolute Gasteiger partial charge is 0.373 e. The van der Waals surface area contributed by atoms with Gasteiger partial charge in [0.05, 0.1) is 15.4 Å². The van der Waals surface area contributed by atoms with E-state index in [0.29, 0.717) is 0 Å². The van der Waals surface area contributed by atoms with E-state index in [4.69, 9.17) is 4.74 Å². The van der Waals surface area contributed by atoms with Crippen LogP contribution in [0.3, 0.4) is 0 Å². The summed E-state index contributed by atoms with van der Waals surface area (Å²) in [5.74, 6) is 0. The van der Waals surface area contributed by atoms with Gasteiger partial charge in [-0.2, -0.15) is 0 Å². The van der Waals surface area contributed by atoms with Crippen LogP contribution in [-0.4, -0.2) is 19.3 Å². The van der Waals surface area contributed by atoms with E-state index in [0.717, 1.165) is 27.7 Å². The minimum absolute atomic E-state index is 0.0709. The molecule has 0 amide bonds. The second-order valence-corrected chi connectivity index (χ2v) is 7.51. The van der Waals surface area contributed by atoms with Crippen LogP contribution in [0.15, 0.2) is 14.3 Å². The highest BCUT2D eigenvalue weighted by Crippen LogP contribution is 2.43. The number of hydrogen-bond acceptors (Lipinski definition) is 3. The first-order valence-electron chi connectivity index (χ1n) is 5.33. The van der Waals surface area contributed by atoms with E-state index in [1.807, 2.05) is 7.05 Å². The molecule has 90 valence electrons. The third-order valence-corrected chi connectivity index (χ3v) is 6.42. The van der Waals surface area contributed by atoms with E-state index in [2.05, 4.69) is 50.2 Å². The summed E-state index contributed by atoms with van der Waals surface area (Å²) < 4.78 is 8.17. The third-order valence-electron chi connectivity index (χ3n) is 3.10. The summed E-state index contributed by atoms with van der Waals surface area (Å²) in [6.45, 7) is 3.07. The Morgan fingerprint density at radius 1 is 1.56 bits per heavy atom. The van der Waals surface area contributed by atoms with Gasteiger partial charge in [-0.05, 0) is 64.7 Å². The number of halogens is 2. The van der Waals surface area contributed by atoms with Crippen LogP contribution in [0, 0.1) is 0 Å². The Bertz CT molecular complexity index is 355. The third kappa shape index (κ3) is 2.38. The molecule has 1 aromatic rings. The van der Waals surface area contributed by atoms with Gasteiger partial charge in [0.1, 0.15) is 0 Å². The molecule has 2 nitrogen and oxygen atoms in total. The number of thiophene rings is 1. The highest BCUT2D eigenvalue weighted by atomic mass is 79.9. The first-order chi connectivity index (χ1) is 7.57. The monoisotopic (exact) mass is 367 g/mol. The molecule has 2 heterocycles. The number of rotatable bonds is 3. The first kappa shape index (κ1) is 13.0. The van der Waals surface area contributed by atoms with Crippen LogP contribution < -0.4 is 5.32 Å². The lowest BCUT2D eigenvalue weighted by atomic mass is 9.92. The van der Waals surface area contributed by atoms with Crippen LogP contribution in [0.5, 0.6) is 0 Å². The van der Waals surface area contributed by atoms with Gasteiger partial charge in [-0.15, -0.1) is 11.3 Å². The summed E-state index contributed by atoms with van der Waals surface area (Å²) in [6, 6.07) is 2.44. The second kappa shape index (κ2) is 5.06. The number of hydrogen-bond donors (Lipinski definition) is 1. The molecule has 0 aromatic carbocycles. The van der Waals surface area contributed by atoms with Crippen molar-refractivity contribution >= 4 is 43.2 Å². The predicted molar refractivity (Wildman–Crippen MR) is 75.1 cm³/mol. The smallest absolute Gasteiger partial charge is 0.0857 e. The molecule has 2 rings (SSSR count). The van der Waals surface area contributed by atoms with Gasteiger partial charge in [0.2, 0.25) is 0 Å². The van der Waals surface area contributed by atoms with E-state index in [9.17, 15) is 0 Å². The maximum atomic E-state index is 5.91. The molecule has 1 saturated heterocycles. The number of nitrogens with one attached hydrogen (secondary N) is 1. The maximum Gasteiger partial charge on any atom is 0.0857 e. The molecule has 2 unspecified atom stereocenters. The fraction of sp³-hybridized carbons (Fsp3) is 0.636. The van der Waals surface area contributed by atoms with Gasteiger partial charge in [0.25, 0.3) is 0 Å². The summed E-state index contributed by atoms with van der Waals surface area (Å²) in [5.41, 5.74) is -0.0709. The zero-order valence-electron chi connectivity index (χ0n) is 9.35. The molecule has 2 atom stereocenters. The molecule has 1 aliphatic heterocycles. The molecule has 1 aromatic heterocycles. The molecule has 1 aliphatic rings. The molecule has 0 spiro atoms. The Hall–Kier alpha value is 0.580. The minimum Gasteiger partial charge on any atom is -0.373 e. The normalized spacial score (nSPS) is 27.2. The predicted octanol–water partition coefficient (Wildman–Crippen LogP) is 4.10. The van der Waals surface area contributed by atoms with Gasteiger partial charge in [0.15, 0.2) is 0 Å². The molecule has 5 heteroatoms. The van der Waals surface area contributed by atoms with Crippen LogP contribution in [0.1, 0.15) is 30.7 Å². The summed E-state index contributed by atoms with van der Waals surface area (Å²) >= 11 is 8.84. The van der Waals surface area contributed by atoms with Crippen molar-refractivity contribution in [2.24, 2.45) is 0 Å². The average molecular weight is 369 g/mol. The summed E-state index contributed by atoms with van der Waals surface area (Å²) in [5, 5.41) is 3.39. The molecule has 0 radical (unpaired) electrons. The zero-order valence-corrected chi connectivity index (χ0v) is 13.3. The van der Waals surface area contributed by atoms with Crippen LogP contribution in [0.25, 0.3) is 0 Å². The Kier molecular flexibility index (Phi) is 4.12. The van der Waals surface area contributed by atoms with Crippen molar-refractivity contribution in [2.45, 2.75) is 31.4 Å². The molecule has 1 N–H and O–H groups in total. The summed E-state index contributed by atoms with van der Waals surface area (Å²) in [7, 11) is 2.00. The Balaban J connectivity index is 2.28. The second-order valence-electron chi connectivity index (χ2n) is 4.26. The van der Waals surface area contributed by atoms with Crippen molar-refractivity contribution in [2.75, 3.05) is 13.7 Å². The lowest BCUT2D eigenvalue weighted by Crippen LogP contribution is -2.39. The van der Waals surface area contributed by atoms with Gasteiger partial charge in [0, 0.05) is 16.0 Å². The maximum absolute atomic E-state index is 5.91. The van der Waals surface area contributed by atoms with E-state index < -0.39 is 0 Å². The van der Waals surface area contributed by atoms with E-state index in [1.54, 1.807) is 11.3 Å². The first-order valence-corrected chi connectivity index (χ1v) is 7.73. The topological polar surface area (TPSA) is 21.3 Å². The van der Waals surface area contributed by atoms with Crippen molar-refractivity contribution in [1.29, 1.82) is 0 Å². The summed E-state index contributed by atoms with van der Waals surface area (Å²) in [4.78, 5) is 1.31. The van der Waals surface area contributed by atoms with Crippen LogP contribution in [0.4, 0.5) is 0 Å². The molecule has 0 bridgehead atoms. The average Bonchev–Trinajstić information content (AvgIpc) is 2.77. The van der Waals surface area contributed by atoms with E-state index in [1.165, 1.54) is 4.88 Å². The van der Waals surface area contributed by atoms with Gasteiger partial charge in [-0.25, -0.2) is 0 Å². The highest BCUT2D eigenvalue weighted by molar-refractivity contribution is 9.13. The Morgan fingerprint density at radius 2 is 2.31 bits per heavy atom. The van der Waals surface area contributed by atoms with E-state index >= 15 is 0 Å². The van der Waals surface area contributed by atoms with Crippen molar-refractivity contribution < 1.29 is 4.74 Å². The fourth-order valence-electron chi connectivity index (χ4n) is 2.28. The molecular weight excluding hydrogens is 354 g/mol. The van der Waals surface area contributed by atoms with Gasteiger partial charge < -0.3 is 10.1 Å². The van der Waals surface area contributed by atoms with Gasteiger partial charge in [-0.3, -0.25) is 0 Å². The Labute approximate surface area is 117 Å². The minimum atomic E-state index is -0.0709. The molecule has 1 fully saturated rings. The lowest BCUT2D eigenvalue weighted by Gasteiger charge is -2.32. The zero-order chi connectivity index (χ0) is 11.8. The van der Waals surface area contributed by atoms with E-state index in [-0.39, 0.29) is 11.6 Å². The number of ether oxygens (including phenoxy) is 1. The van der Waals surface area contributed by atoms with Crippen LogP contribution in [0.2, 0.25) is 0 Å². The van der Waals surface area contributed by atoms with Crippen molar-refractivity contribution in [1.82, 2.24) is 5.32 Å². The molecule has 0 aliphatic carbocycles. The lowest BCUT2D eigenvalue weighted by molar-refractivity contribution is -0.00949. The highest BCUT2D eigenvalue weighted by Gasteiger charge is 2.39. The summed E-state index contributed by atoms with van der Waals surface area (Å²) in [6.07, 6.45) is 2.27. The van der Waals surface area contributed by atoms with Crippen molar-refractivity contribution in [3.05, 3.63) is 19.2 Å². The fourth-order valence-corrected chi connectivity index (χ4v) is 4.62. The Morgan fingerprint density at radius 3 is 2.75 bits per heavy atom. The van der Waals surface area contributed by atoms with Crippen molar-refractivity contribution in [3.8, 4) is 0 Å². The molecular formula is C11H15Br2NOS. The quantitative estimate of drug-likeness (QED) is 0.866. The SMILES string of the molecule is CNC(c1cc(Br)c(Br)s1)C1(C)CCCO1. The van der Waals surface area contributed by atoms with Crippen LogP contribution in [-0.2, 0) is 4.74 Å². The van der Waals surface area contributed by atoms with Crippen molar-refractivity contribution in [3.63, 3.8) is 0 Å². The van der Waals surface area contributed by atoms with Gasteiger partial charge in [-0.1, -0.05) is 0 Å². The van der Waals surface area contributed by atoms with Gasteiger partial charge >= 0.3 is 0 Å². The standard InChI is InChI=1S/C11H15Br2NOS/c1-11(4-3-5-15-11)9(14-2)8-6-7(12)10(13)16-8/h6,9,14H,3-5H2,1-2H3. The van der Waals surface area contributed by atoms with Crippen LogP contribution >= 0.6 is 43.2 Å². The number of likely N-dealkylation sites (N-methyl/N-ethyl adjacent to an activating group) is 1. The molecule has 16 heavy (non-hydrogen) atoms. The molecule has 0 saturated carbocycles.